The van der Waals surface area contributed by atoms with Crippen LogP contribution in [0, 0.1) is 11.7 Å². The number of carbonyl (C=O) groups excluding carboxylic acids is 2. The number of rotatable bonds is 3. The standard InChI is InChI=1S/C15H17FN2O2/c1-2-3-9-4-5-18(8-9)13-7-12-10(6-11(13)16)14(19)15(20)17-12/h6-7,9H,2-5,8H2,1H3,(H,17,19,20). The summed E-state index contributed by atoms with van der Waals surface area (Å²) in [5, 5.41) is 2.49. The van der Waals surface area contributed by atoms with E-state index in [1.807, 2.05) is 4.90 Å². The number of fused-ring (bicyclic) bond motifs is 1. The van der Waals surface area contributed by atoms with E-state index in [0.717, 1.165) is 32.4 Å². The minimum atomic E-state index is -0.679. The number of anilines is 2. The fourth-order valence-electron chi connectivity index (χ4n) is 3.09. The minimum Gasteiger partial charge on any atom is -0.369 e. The maximum atomic E-state index is 14.2. The summed E-state index contributed by atoms with van der Waals surface area (Å²) < 4.78 is 14.2. The second-order valence-electron chi connectivity index (χ2n) is 5.52. The van der Waals surface area contributed by atoms with Crippen LogP contribution in [-0.2, 0) is 4.79 Å². The number of halogens is 1. The maximum Gasteiger partial charge on any atom is 0.296 e. The van der Waals surface area contributed by atoms with Gasteiger partial charge >= 0.3 is 0 Å². The van der Waals surface area contributed by atoms with Crippen LogP contribution in [0.4, 0.5) is 15.8 Å². The third-order valence-corrected chi connectivity index (χ3v) is 4.11. The van der Waals surface area contributed by atoms with Crippen molar-refractivity contribution in [2.75, 3.05) is 23.3 Å². The Kier molecular flexibility index (Phi) is 3.20. The van der Waals surface area contributed by atoms with Gasteiger partial charge in [-0.05, 0) is 30.9 Å². The molecule has 2 aliphatic rings. The van der Waals surface area contributed by atoms with E-state index in [9.17, 15) is 14.0 Å². The first-order valence-electron chi connectivity index (χ1n) is 7.04. The second kappa shape index (κ2) is 4.89. The summed E-state index contributed by atoms with van der Waals surface area (Å²) in [7, 11) is 0. The largest absolute Gasteiger partial charge is 0.369 e. The van der Waals surface area contributed by atoms with Crippen molar-refractivity contribution in [3.63, 3.8) is 0 Å². The molecule has 2 aliphatic heterocycles. The molecule has 1 fully saturated rings. The van der Waals surface area contributed by atoms with E-state index in [-0.39, 0.29) is 5.56 Å². The average Bonchev–Trinajstić information content (AvgIpc) is 2.97. The zero-order valence-electron chi connectivity index (χ0n) is 11.4. The van der Waals surface area contributed by atoms with Gasteiger partial charge < -0.3 is 10.2 Å². The number of carbonyl (C=O) groups is 2. The van der Waals surface area contributed by atoms with Gasteiger partial charge in [0.15, 0.2) is 0 Å². The third-order valence-electron chi connectivity index (χ3n) is 4.11. The fraction of sp³-hybridized carbons (Fsp3) is 0.467. The highest BCUT2D eigenvalue weighted by Gasteiger charge is 2.31. The van der Waals surface area contributed by atoms with Crippen LogP contribution in [0.25, 0.3) is 0 Å². The molecular weight excluding hydrogens is 259 g/mol. The Labute approximate surface area is 117 Å². The van der Waals surface area contributed by atoms with Crippen molar-refractivity contribution in [2.24, 2.45) is 5.92 Å². The van der Waals surface area contributed by atoms with Crippen molar-refractivity contribution in [3.8, 4) is 0 Å². The topological polar surface area (TPSA) is 49.4 Å². The van der Waals surface area contributed by atoms with Crippen molar-refractivity contribution in [3.05, 3.63) is 23.5 Å². The molecule has 0 aromatic heterocycles. The van der Waals surface area contributed by atoms with Crippen LogP contribution in [-0.4, -0.2) is 24.8 Å². The fourth-order valence-corrected chi connectivity index (χ4v) is 3.09. The Hall–Kier alpha value is -1.91. The summed E-state index contributed by atoms with van der Waals surface area (Å²) in [5.74, 6) is -1.16. The molecule has 106 valence electrons. The molecular formula is C15H17FN2O2. The van der Waals surface area contributed by atoms with Gasteiger partial charge in [-0.15, -0.1) is 0 Å². The molecule has 0 bridgehead atoms. The number of Topliss-reactive ketones (excluding diaryl/α,β-unsaturated/α-hetero) is 1. The molecule has 1 amide bonds. The number of hydrogen-bond acceptors (Lipinski definition) is 3. The van der Waals surface area contributed by atoms with Crippen molar-refractivity contribution in [2.45, 2.75) is 26.2 Å². The predicted octanol–water partition coefficient (Wildman–Crippen LogP) is 2.59. The van der Waals surface area contributed by atoms with Gasteiger partial charge in [0.05, 0.1) is 16.9 Å². The third kappa shape index (κ3) is 2.07. The first kappa shape index (κ1) is 13.1. The molecule has 2 heterocycles. The van der Waals surface area contributed by atoms with Crippen molar-refractivity contribution < 1.29 is 14.0 Å². The molecule has 0 aliphatic carbocycles. The molecule has 1 saturated heterocycles. The zero-order valence-corrected chi connectivity index (χ0v) is 11.4. The van der Waals surface area contributed by atoms with Crippen LogP contribution in [0.3, 0.4) is 0 Å². The molecule has 3 rings (SSSR count). The lowest BCUT2D eigenvalue weighted by molar-refractivity contribution is -0.112. The lowest BCUT2D eigenvalue weighted by Crippen LogP contribution is -2.21. The van der Waals surface area contributed by atoms with E-state index >= 15 is 0 Å². The van der Waals surface area contributed by atoms with Gasteiger partial charge in [0.25, 0.3) is 11.7 Å². The minimum absolute atomic E-state index is 0.139. The molecule has 1 aromatic rings. The Balaban J connectivity index is 1.87. The average molecular weight is 276 g/mol. The van der Waals surface area contributed by atoms with E-state index in [2.05, 4.69) is 12.2 Å². The Morgan fingerprint density at radius 2 is 2.20 bits per heavy atom. The predicted molar refractivity (Wildman–Crippen MR) is 74.6 cm³/mol. The highest BCUT2D eigenvalue weighted by Crippen LogP contribution is 2.34. The van der Waals surface area contributed by atoms with Gasteiger partial charge in [-0.25, -0.2) is 4.39 Å². The number of nitrogens with zero attached hydrogens (tertiary/aromatic N) is 1. The number of hydrogen-bond donors (Lipinski definition) is 1. The first-order chi connectivity index (χ1) is 9.60. The summed E-state index contributed by atoms with van der Waals surface area (Å²) in [6.45, 7) is 3.81. The summed E-state index contributed by atoms with van der Waals surface area (Å²) in [6, 6.07) is 2.76. The normalized spacial score (nSPS) is 21.3. The molecule has 1 unspecified atom stereocenters. The van der Waals surface area contributed by atoms with E-state index in [1.165, 1.54) is 6.07 Å². The van der Waals surface area contributed by atoms with Crippen LogP contribution in [0.1, 0.15) is 36.5 Å². The molecule has 1 N–H and O–H groups in total. The molecule has 1 atom stereocenters. The Morgan fingerprint density at radius 1 is 1.40 bits per heavy atom. The SMILES string of the molecule is CCCC1CCN(c2cc3c(cc2F)C(=O)C(=O)N3)C1. The van der Waals surface area contributed by atoms with E-state index in [0.29, 0.717) is 17.3 Å². The smallest absolute Gasteiger partial charge is 0.296 e. The molecule has 0 saturated carbocycles. The van der Waals surface area contributed by atoms with Crippen LogP contribution in [0.15, 0.2) is 12.1 Å². The van der Waals surface area contributed by atoms with Gasteiger partial charge in [0, 0.05) is 13.1 Å². The Bertz CT molecular complexity index is 585. The van der Waals surface area contributed by atoms with Crippen LogP contribution < -0.4 is 10.2 Å². The number of amides is 1. The van der Waals surface area contributed by atoms with Gasteiger partial charge in [0.2, 0.25) is 0 Å². The lowest BCUT2D eigenvalue weighted by atomic mass is 10.0. The molecule has 4 nitrogen and oxygen atoms in total. The molecule has 0 radical (unpaired) electrons. The lowest BCUT2D eigenvalue weighted by Gasteiger charge is -2.20. The number of benzene rings is 1. The monoisotopic (exact) mass is 276 g/mol. The number of nitrogens with one attached hydrogen (secondary N) is 1. The summed E-state index contributed by atoms with van der Waals surface area (Å²) in [5.41, 5.74) is 1.05. The highest BCUT2D eigenvalue weighted by atomic mass is 19.1. The van der Waals surface area contributed by atoms with E-state index in [1.54, 1.807) is 6.07 Å². The van der Waals surface area contributed by atoms with E-state index in [4.69, 9.17) is 0 Å². The molecule has 0 spiro atoms. The van der Waals surface area contributed by atoms with Crippen molar-refractivity contribution in [1.29, 1.82) is 0 Å². The molecule has 5 heteroatoms. The van der Waals surface area contributed by atoms with Gasteiger partial charge in [0.1, 0.15) is 5.82 Å². The maximum absolute atomic E-state index is 14.2. The van der Waals surface area contributed by atoms with Crippen LogP contribution in [0.5, 0.6) is 0 Å². The van der Waals surface area contributed by atoms with Crippen molar-refractivity contribution >= 4 is 23.1 Å². The summed E-state index contributed by atoms with van der Waals surface area (Å²) in [6.07, 6.45) is 3.35. The zero-order chi connectivity index (χ0) is 14.3. The van der Waals surface area contributed by atoms with Gasteiger partial charge in [-0.2, -0.15) is 0 Å². The summed E-state index contributed by atoms with van der Waals surface area (Å²) >= 11 is 0. The quantitative estimate of drug-likeness (QED) is 0.863. The summed E-state index contributed by atoms with van der Waals surface area (Å²) in [4.78, 5) is 24.8. The highest BCUT2D eigenvalue weighted by molar-refractivity contribution is 6.51. The van der Waals surface area contributed by atoms with Gasteiger partial charge in [-0.3, -0.25) is 9.59 Å². The number of ketones is 1. The van der Waals surface area contributed by atoms with Crippen LogP contribution >= 0.6 is 0 Å². The van der Waals surface area contributed by atoms with Crippen LogP contribution in [0.2, 0.25) is 0 Å². The van der Waals surface area contributed by atoms with Crippen molar-refractivity contribution in [1.82, 2.24) is 0 Å². The second-order valence-corrected chi connectivity index (χ2v) is 5.52. The van der Waals surface area contributed by atoms with Gasteiger partial charge in [-0.1, -0.05) is 13.3 Å². The first-order valence-corrected chi connectivity index (χ1v) is 7.04. The molecule has 20 heavy (non-hydrogen) atoms. The molecule has 1 aromatic carbocycles. The van der Waals surface area contributed by atoms with E-state index < -0.39 is 17.5 Å². The Morgan fingerprint density at radius 3 is 2.95 bits per heavy atom.